The molecule has 0 spiro atoms. The molecule has 33 heavy (non-hydrogen) atoms. The standard InChI is InChI=1S/C26H26FN3O3/c1-33-10-9-28-16-20-11-18(7-8-22(20)17-5-3-2-4-6-17)26(32)29-21-12-19(15-27)23-14-25(31)30-24(23)13-21/h2-8,11-13,28H,9-10,14-16H2,1H3,(H,29,32)(H,30,31). The maximum atomic E-state index is 13.5. The fourth-order valence-electron chi connectivity index (χ4n) is 3.98. The van der Waals surface area contributed by atoms with Gasteiger partial charge in [-0.05, 0) is 52.1 Å². The van der Waals surface area contributed by atoms with Crippen LogP contribution in [0.1, 0.15) is 27.0 Å². The minimum absolute atomic E-state index is 0.156. The minimum atomic E-state index is -0.704. The second-order valence-electron chi connectivity index (χ2n) is 7.88. The van der Waals surface area contributed by atoms with Crippen molar-refractivity contribution in [2.24, 2.45) is 0 Å². The lowest BCUT2D eigenvalue weighted by Crippen LogP contribution is -2.20. The van der Waals surface area contributed by atoms with Gasteiger partial charge in [-0.25, -0.2) is 4.39 Å². The number of hydrogen-bond acceptors (Lipinski definition) is 4. The van der Waals surface area contributed by atoms with Gasteiger partial charge in [0.15, 0.2) is 0 Å². The number of ether oxygens (including phenoxy) is 1. The third kappa shape index (κ3) is 5.27. The summed E-state index contributed by atoms with van der Waals surface area (Å²) in [4.78, 5) is 24.7. The van der Waals surface area contributed by atoms with E-state index >= 15 is 0 Å². The molecule has 3 aromatic carbocycles. The molecule has 0 atom stereocenters. The Morgan fingerprint density at radius 1 is 1.09 bits per heavy atom. The average molecular weight is 448 g/mol. The van der Waals surface area contributed by atoms with E-state index in [0.29, 0.717) is 47.8 Å². The van der Waals surface area contributed by atoms with Gasteiger partial charge in [0, 0.05) is 37.1 Å². The summed E-state index contributed by atoms with van der Waals surface area (Å²) < 4.78 is 18.6. The molecule has 1 heterocycles. The van der Waals surface area contributed by atoms with Crippen molar-refractivity contribution < 1.29 is 18.7 Å². The Balaban J connectivity index is 1.59. The number of fused-ring (bicyclic) bond motifs is 1. The first kappa shape index (κ1) is 22.6. The van der Waals surface area contributed by atoms with Crippen LogP contribution in [0.3, 0.4) is 0 Å². The number of halogens is 1. The second kappa shape index (κ2) is 10.4. The average Bonchev–Trinajstić information content (AvgIpc) is 3.21. The lowest BCUT2D eigenvalue weighted by atomic mass is 9.97. The highest BCUT2D eigenvalue weighted by atomic mass is 19.1. The van der Waals surface area contributed by atoms with Crippen molar-refractivity contribution in [1.29, 1.82) is 0 Å². The maximum absolute atomic E-state index is 13.5. The number of methoxy groups -OCH3 is 1. The number of hydrogen-bond donors (Lipinski definition) is 3. The largest absolute Gasteiger partial charge is 0.383 e. The van der Waals surface area contributed by atoms with Crippen LogP contribution in [0, 0.1) is 0 Å². The predicted molar refractivity (Wildman–Crippen MR) is 127 cm³/mol. The zero-order valence-electron chi connectivity index (χ0n) is 18.4. The highest BCUT2D eigenvalue weighted by Crippen LogP contribution is 2.31. The van der Waals surface area contributed by atoms with Gasteiger partial charge in [0.1, 0.15) is 6.67 Å². The number of amides is 2. The van der Waals surface area contributed by atoms with Gasteiger partial charge in [-0.15, -0.1) is 0 Å². The number of carbonyl (C=O) groups excluding carboxylic acids is 2. The summed E-state index contributed by atoms with van der Waals surface area (Å²) in [5, 5.41) is 8.90. The third-order valence-corrected chi connectivity index (χ3v) is 5.61. The summed E-state index contributed by atoms with van der Waals surface area (Å²) in [6, 6.07) is 18.8. The molecule has 3 aromatic rings. The summed E-state index contributed by atoms with van der Waals surface area (Å²) >= 11 is 0. The van der Waals surface area contributed by atoms with Gasteiger partial charge < -0.3 is 20.7 Å². The van der Waals surface area contributed by atoms with Crippen molar-refractivity contribution in [2.75, 3.05) is 30.9 Å². The van der Waals surface area contributed by atoms with Crippen molar-refractivity contribution in [2.45, 2.75) is 19.6 Å². The molecule has 7 heteroatoms. The van der Waals surface area contributed by atoms with Gasteiger partial charge in [0.05, 0.1) is 13.0 Å². The van der Waals surface area contributed by atoms with Gasteiger partial charge >= 0.3 is 0 Å². The Hall–Kier alpha value is -3.55. The van der Waals surface area contributed by atoms with Gasteiger partial charge in [0.2, 0.25) is 5.91 Å². The summed E-state index contributed by atoms with van der Waals surface area (Å²) in [7, 11) is 1.65. The number of anilines is 2. The first-order valence-corrected chi connectivity index (χ1v) is 10.8. The van der Waals surface area contributed by atoms with Crippen LogP contribution in [-0.4, -0.2) is 32.1 Å². The van der Waals surface area contributed by atoms with Crippen LogP contribution in [0.15, 0.2) is 60.7 Å². The lowest BCUT2D eigenvalue weighted by molar-refractivity contribution is -0.115. The highest BCUT2D eigenvalue weighted by molar-refractivity contribution is 6.06. The van der Waals surface area contributed by atoms with Crippen molar-refractivity contribution in [3.05, 3.63) is 82.9 Å². The van der Waals surface area contributed by atoms with E-state index < -0.39 is 6.67 Å². The van der Waals surface area contributed by atoms with E-state index in [0.717, 1.165) is 16.7 Å². The van der Waals surface area contributed by atoms with E-state index in [2.05, 4.69) is 16.0 Å². The molecule has 3 N–H and O–H groups in total. The Kier molecular flexibility index (Phi) is 7.12. The third-order valence-electron chi connectivity index (χ3n) is 5.61. The maximum Gasteiger partial charge on any atom is 0.255 e. The molecule has 1 aliphatic heterocycles. The quantitative estimate of drug-likeness (QED) is 0.427. The molecule has 1 aliphatic rings. The van der Waals surface area contributed by atoms with Gasteiger partial charge in [-0.1, -0.05) is 36.4 Å². The monoisotopic (exact) mass is 447 g/mol. The molecule has 4 rings (SSSR count). The van der Waals surface area contributed by atoms with Gasteiger partial charge in [-0.3, -0.25) is 9.59 Å². The van der Waals surface area contributed by atoms with Crippen molar-refractivity contribution in [3.63, 3.8) is 0 Å². The second-order valence-corrected chi connectivity index (χ2v) is 7.88. The Bertz CT molecular complexity index is 1160. The van der Waals surface area contributed by atoms with Crippen LogP contribution in [0.2, 0.25) is 0 Å². The predicted octanol–water partition coefficient (Wildman–Crippen LogP) is 4.31. The molecule has 6 nitrogen and oxygen atoms in total. The molecule has 0 aliphatic carbocycles. The number of carbonyl (C=O) groups is 2. The van der Waals surface area contributed by atoms with Crippen molar-refractivity contribution >= 4 is 23.2 Å². The van der Waals surface area contributed by atoms with Crippen molar-refractivity contribution in [1.82, 2.24) is 5.32 Å². The zero-order chi connectivity index (χ0) is 23.2. The number of rotatable bonds is 9. The lowest BCUT2D eigenvalue weighted by Gasteiger charge is -2.14. The van der Waals surface area contributed by atoms with Crippen LogP contribution in [0.25, 0.3) is 11.1 Å². The van der Waals surface area contributed by atoms with E-state index in [9.17, 15) is 14.0 Å². The number of benzene rings is 3. The van der Waals surface area contributed by atoms with Crippen LogP contribution in [-0.2, 0) is 29.2 Å². The molecule has 0 radical (unpaired) electrons. The summed E-state index contributed by atoms with van der Waals surface area (Å²) in [6.07, 6.45) is 0.156. The SMILES string of the molecule is COCCNCc1cc(C(=O)Nc2cc(CF)c3c(c2)NC(=O)C3)ccc1-c1ccccc1. The molecule has 0 bridgehead atoms. The number of alkyl halides is 1. The molecular weight excluding hydrogens is 421 g/mol. The van der Waals surface area contributed by atoms with Crippen LogP contribution in [0.5, 0.6) is 0 Å². The van der Waals surface area contributed by atoms with Crippen molar-refractivity contribution in [3.8, 4) is 11.1 Å². The normalized spacial score (nSPS) is 12.4. The smallest absolute Gasteiger partial charge is 0.255 e. The van der Waals surface area contributed by atoms with E-state index in [4.69, 9.17) is 4.74 Å². The first-order valence-electron chi connectivity index (χ1n) is 10.8. The highest BCUT2D eigenvalue weighted by Gasteiger charge is 2.22. The molecule has 170 valence electrons. The number of nitrogens with one attached hydrogen (secondary N) is 3. The molecule has 2 amide bonds. The summed E-state index contributed by atoms with van der Waals surface area (Å²) in [5.74, 6) is -0.480. The summed E-state index contributed by atoms with van der Waals surface area (Å²) in [5.41, 5.74) is 5.63. The van der Waals surface area contributed by atoms with E-state index in [1.54, 1.807) is 25.3 Å². The first-order chi connectivity index (χ1) is 16.1. The Labute approximate surface area is 192 Å². The molecule has 0 fully saturated rings. The van der Waals surface area contributed by atoms with E-state index in [1.165, 1.54) is 0 Å². The Morgan fingerprint density at radius 2 is 1.91 bits per heavy atom. The van der Waals surface area contributed by atoms with Crippen LogP contribution in [0.4, 0.5) is 15.8 Å². The Morgan fingerprint density at radius 3 is 2.67 bits per heavy atom. The summed E-state index contributed by atoms with van der Waals surface area (Å²) in [6.45, 7) is 1.15. The van der Waals surface area contributed by atoms with E-state index in [1.807, 2.05) is 42.5 Å². The topological polar surface area (TPSA) is 79.5 Å². The molecule has 0 unspecified atom stereocenters. The van der Waals surface area contributed by atoms with Gasteiger partial charge in [-0.2, -0.15) is 0 Å². The van der Waals surface area contributed by atoms with Gasteiger partial charge in [0.25, 0.3) is 5.91 Å². The molecular formula is C26H26FN3O3. The molecule has 0 saturated heterocycles. The van der Waals surface area contributed by atoms with Crippen LogP contribution < -0.4 is 16.0 Å². The minimum Gasteiger partial charge on any atom is -0.383 e. The van der Waals surface area contributed by atoms with E-state index in [-0.39, 0.29) is 18.2 Å². The zero-order valence-corrected chi connectivity index (χ0v) is 18.4. The molecule has 0 saturated carbocycles. The fourth-order valence-corrected chi connectivity index (χ4v) is 3.98. The molecule has 0 aromatic heterocycles. The fraction of sp³-hybridized carbons (Fsp3) is 0.231. The van der Waals surface area contributed by atoms with Crippen LogP contribution >= 0.6 is 0 Å².